The second kappa shape index (κ2) is 6.05. The normalized spacial score (nSPS) is 11.0. The Kier molecular flexibility index (Phi) is 4.42. The van der Waals surface area contributed by atoms with E-state index in [1.54, 1.807) is 0 Å². The number of thioether (sulfide) groups is 1. The highest BCUT2D eigenvalue weighted by molar-refractivity contribution is 7.98. The first-order valence-electron chi connectivity index (χ1n) is 6.31. The topological polar surface area (TPSA) is 34.9 Å². The Labute approximate surface area is 111 Å². The molecule has 0 aliphatic heterocycles. The molecule has 4 heteroatoms. The van der Waals surface area contributed by atoms with Gasteiger partial charge in [0.25, 0.3) is 5.56 Å². The molecule has 2 aromatic rings. The summed E-state index contributed by atoms with van der Waals surface area (Å²) in [4.78, 5) is 17.0. The third-order valence-electron chi connectivity index (χ3n) is 2.99. The van der Waals surface area contributed by atoms with Crippen LogP contribution in [0.15, 0.2) is 34.2 Å². The lowest BCUT2D eigenvalue weighted by molar-refractivity contribution is 0.542. The summed E-state index contributed by atoms with van der Waals surface area (Å²) in [6.45, 7) is 2.93. The van der Waals surface area contributed by atoms with Crippen molar-refractivity contribution in [1.82, 2.24) is 9.55 Å². The van der Waals surface area contributed by atoms with Gasteiger partial charge in [0.1, 0.15) is 0 Å². The first kappa shape index (κ1) is 13.1. The molecule has 0 spiro atoms. The smallest absolute Gasteiger partial charge is 0.262 e. The Balaban J connectivity index is 2.49. The molecule has 18 heavy (non-hydrogen) atoms. The van der Waals surface area contributed by atoms with Gasteiger partial charge in [-0.25, -0.2) is 4.98 Å². The van der Waals surface area contributed by atoms with Crippen molar-refractivity contribution in [1.29, 1.82) is 0 Å². The van der Waals surface area contributed by atoms with E-state index in [9.17, 15) is 4.79 Å². The first-order chi connectivity index (χ1) is 8.77. The summed E-state index contributed by atoms with van der Waals surface area (Å²) in [5.74, 6) is 0. The number of rotatable bonds is 5. The zero-order chi connectivity index (χ0) is 13.0. The second-order valence-corrected chi connectivity index (χ2v) is 5.05. The largest absolute Gasteiger partial charge is 0.287 e. The second-order valence-electron chi connectivity index (χ2n) is 4.28. The number of hydrogen-bond acceptors (Lipinski definition) is 3. The van der Waals surface area contributed by atoms with E-state index in [2.05, 4.69) is 11.9 Å². The summed E-state index contributed by atoms with van der Waals surface area (Å²) in [6.07, 6.45) is 5.30. The highest BCUT2D eigenvalue weighted by Crippen LogP contribution is 2.15. The minimum absolute atomic E-state index is 0.0843. The molecule has 2 rings (SSSR count). The predicted molar refractivity (Wildman–Crippen MR) is 77.3 cm³/mol. The maximum absolute atomic E-state index is 12.4. The lowest BCUT2D eigenvalue weighted by Crippen LogP contribution is -2.23. The Morgan fingerprint density at radius 3 is 2.78 bits per heavy atom. The van der Waals surface area contributed by atoms with Crippen LogP contribution >= 0.6 is 11.8 Å². The minimum atomic E-state index is 0.0843. The summed E-state index contributed by atoms with van der Waals surface area (Å²) >= 11 is 1.53. The van der Waals surface area contributed by atoms with Crippen LogP contribution in [0.3, 0.4) is 0 Å². The van der Waals surface area contributed by atoms with Gasteiger partial charge in [-0.15, -0.1) is 0 Å². The SMILES string of the molecule is CCCCCn1c(SC)nc2ccccc2c1=O. The van der Waals surface area contributed by atoms with Crippen molar-refractivity contribution in [3.8, 4) is 0 Å². The van der Waals surface area contributed by atoms with E-state index in [1.807, 2.05) is 35.1 Å². The van der Waals surface area contributed by atoms with Crippen LogP contribution in [0.25, 0.3) is 10.9 Å². The highest BCUT2D eigenvalue weighted by Gasteiger charge is 2.09. The van der Waals surface area contributed by atoms with Gasteiger partial charge in [0.15, 0.2) is 5.16 Å². The maximum Gasteiger partial charge on any atom is 0.262 e. The molecule has 0 aliphatic rings. The van der Waals surface area contributed by atoms with E-state index in [1.165, 1.54) is 11.8 Å². The number of benzene rings is 1. The maximum atomic E-state index is 12.4. The third-order valence-corrected chi connectivity index (χ3v) is 3.67. The van der Waals surface area contributed by atoms with E-state index >= 15 is 0 Å². The molecular weight excluding hydrogens is 244 g/mol. The van der Waals surface area contributed by atoms with Crippen molar-refractivity contribution in [3.63, 3.8) is 0 Å². The molecule has 0 radical (unpaired) electrons. The minimum Gasteiger partial charge on any atom is -0.287 e. The van der Waals surface area contributed by atoms with Crippen LogP contribution in [0, 0.1) is 0 Å². The fraction of sp³-hybridized carbons (Fsp3) is 0.429. The molecular formula is C14H18N2OS. The van der Waals surface area contributed by atoms with Crippen molar-refractivity contribution in [2.45, 2.75) is 37.9 Å². The number of para-hydroxylation sites is 1. The molecule has 0 atom stereocenters. The van der Waals surface area contributed by atoms with Gasteiger partial charge in [0, 0.05) is 6.54 Å². The molecule has 0 unspecified atom stereocenters. The molecule has 0 fully saturated rings. The summed E-state index contributed by atoms with van der Waals surface area (Å²) < 4.78 is 1.81. The van der Waals surface area contributed by atoms with Crippen molar-refractivity contribution < 1.29 is 0 Å². The Hall–Kier alpha value is -1.29. The van der Waals surface area contributed by atoms with E-state index in [0.29, 0.717) is 5.39 Å². The Morgan fingerprint density at radius 1 is 1.28 bits per heavy atom. The average molecular weight is 262 g/mol. The summed E-state index contributed by atoms with van der Waals surface area (Å²) in [7, 11) is 0. The van der Waals surface area contributed by atoms with Crippen LogP contribution in [-0.2, 0) is 6.54 Å². The lowest BCUT2D eigenvalue weighted by Gasteiger charge is -2.11. The van der Waals surface area contributed by atoms with Crippen LogP contribution in [-0.4, -0.2) is 15.8 Å². The number of aromatic nitrogens is 2. The monoisotopic (exact) mass is 262 g/mol. The van der Waals surface area contributed by atoms with Crippen molar-refractivity contribution in [2.75, 3.05) is 6.26 Å². The van der Waals surface area contributed by atoms with Gasteiger partial charge in [0.05, 0.1) is 10.9 Å². The summed E-state index contributed by atoms with van der Waals surface area (Å²) in [5.41, 5.74) is 0.875. The van der Waals surface area contributed by atoms with Gasteiger partial charge in [0.2, 0.25) is 0 Å². The van der Waals surface area contributed by atoms with E-state index in [-0.39, 0.29) is 5.56 Å². The predicted octanol–water partition coefficient (Wildman–Crippen LogP) is 3.31. The zero-order valence-electron chi connectivity index (χ0n) is 10.8. The van der Waals surface area contributed by atoms with Gasteiger partial charge in [-0.1, -0.05) is 43.7 Å². The van der Waals surface area contributed by atoms with Crippen LogP contribution in [0.4, 0.5) is 0 Å². The summed E-state index contributed by atoms with van der Waals surface area (Å²) in [6, 6.07) is 7.55. The first-order valence-corrected chi connectivity index (χ1v) is 7.54. The number of nitrogens with zero attached hydrogens (tertiary/aromatic N) is 2. The molecule has 0 saturated carbocycles. The molecule has 0 aliphatic carbocycles. The summed E-state index contributed by atoms with van der Waals surface area (Å²) in [5, 5.41) is 1.53. The molecule has 0 N–H and O–H groups in total. The van der Waals surface area contributed by atoms with Crippen LogP contribution in [0.1, 0.15) is 26.2 Å². The van der Waals surface area contributed by atoms with E-state index in [4.69, 9.17) is 0 Å². The molecule has 0 saturated heterocycles. The fourth-order valence-corrected chi connectivity index (χ4v) is 2.60. The van der Waals surface area contributed by atoms with E-state index in [0.717, 1.165) is 36.5 Å². The van der Waals surface area contributed by atoms with Crippen molar-refractivity contribution >= 4 is 22.7 Å². The van der Waals surface area contributed by atoms with Gasteiger partial charge in [-0.3, -0.25) is 9.36 Å². The Morgan fingerprint density at radius 2 is 2.06 bits per heavy atom. The standard InChI is InChI=1S/C14H18N2OS/c1-3-4-7-10-16-13(17)11-8-5-6-9-12(11)15-14(16)18-2/h5-6,8-9H,3-4,7,10H2,1-2H3. The van der Waals surface area contributed by atoms with E-state index < -0.39 is 0 Å². The fourth-order valence-electron chi connectivity index (χ4n) is 2.02. The van der Waals surface area contributed by atoms with Crippen molar-refractivity contribution in [3.05, 3.63) is 34.6 Å². The molecule has 0 amide bonds. The molecule has 0 bridgehead atoms. The van der Waals surface area contributed by atoms with Gasteiger partial charge in [-0.05, 0) is 24.8 Å². The lowest BCUT2D eigenvalue weighted by atomic mass is 10.2. The van der Waals surface area contributed by atoms with Crippen molar-refractivity contribution in [2.24, 2.45) is 0 Å². The zero-order valence-corrected chi connectivity index (χ0v) is 11.7. The quantitative estimate of drug-likeness (QED) is 0.471. The Bertz CT molecular complexity index is 592. The third kappa shape index (κ3) is 2.58. The number of fused-ring (bicyclic) bond motifs is 1. The van der Waals surface area contributed by atoms with Crippen LogP contribution in [0.2, 0.25) is 0 Å². The molecule has 1 aromatic carbocycles. The van der Waals surface area contributed by atoms with Gasteiger partial charge >= 0.3 is 0 Å². The number of hydrogen-bond donors (Lipinski definition) is 0. The van der Waals surface area contributed by atoms with Crippen LogP contribution in [0.5, 0.6) is 0 Å². The average Bonchev–Trinajstić information content (AvgIpc) is 2.41. The highest BCUT2D eigenvalue weighted by atomic mass is 32.2. The molecule has 3 nitrogen and oxygen atoms in total. The van der Waals surface area contributed by atoms with Gasteiger partial charge in [-0.2, -0.15) is 0 Å². The molecule has 1 heterocycles. The number of unbranched alkanes of at least 4 members (excludes halogenated alkanes) is 2. The van der Waals surface area contributed by atoms with Gasteiger partial charge < -0.3 is 0 Å². The molecule has 96 valence electrons. The van der Waals surface area contributed by atoms with Crippen LogP contribution < -0.4 is 5.56 Å². The molecule has 1 aromatic heterocycles.